The minimum atomic E-state index is 0. The molecule has 3 rings (SSSR count). The number of nitrogens with zero attached hydrogens (tertiary/aromatic N) is 4. The first kappa shape index (κ1) is 23.3. The van der Waals surface area contributed by atoms with Gasteiger partial charge in [-0.3, -0.25) is 4.40 Å². The fraction of sp³-hybridized carbons (Fsp3) is 0.400. The predicted octanol–water partition coefficient (Wildman–Crippen LogP) is 3.67. The molecule has 0 aliphatic rings. The summed E-state index contributed by atoms with van der Waals surface area (Å²) in [6.45, 7) is 4.28. The molecule has 1 N–H and O–H groups in total. The van der Waals surface area contributed by atoms with Crippen molar-refractivity contribution in [1.29, 1.82) is 0 Å². The Morgan fingerprint density at radius 2 is 2.07 bits per heavy atom. The van der Waals surface area contributed by atoms with Gasteiger partial charge in [0.25, 0.3) is 0 Å². The van der Waals surface area contributed by atoms with Gasteiger partial charge in [-0.25, -0.2) is 9.98 Å². The number of likely N-dealkylation sites (N-methyl/N-ethyl adjacent to an activating group) is 1. The number of fused-ring (bicyclic) bond motifs is 1. The van der Waals surface area contributed by atoms with Gasteiger partial charge in [-0.1, -0.05) is 6.07 Å². The zero-order valence-corrected chi connectivity index (χ0v) is 20.4. The van der Waals surface area contributed by atoms with E-state index in [1.165, 1.54) is 5.56 Å². The first-order chi connectivity index (χ1) is 13.6. The van der Waals surface area contributed by atoms with Crippen LogP contribution < -0.4 is 14.8 Å². The van der Waals surface area contributed by atoms with Crippen molar-refractivity contribution in [2.45, 2.75) is 19.9 Å². The lowest BCUT2D eigenvalue weighted by Crippen LogP contribution is -2.40. The van der Waals surface area contributed by atoms with Crippen molar-refractivity contribution in [3.63, 3.8) is 0 Å². The number of hydrogen-bond donors (Lipinski definition) is 1. The van der Waals surface area contributed by atoms with E-state index in [-0.39, 0.29) is 24.0 Å². The third-order valence-electron chi connectivity index (χ3n) is 4.41. The van der Waals surface area contributed by atoms with E-state index in [2.05, 4.69) is 28.2 Å². The summed E-state index contributed by atoms with van der Waals surface area (Å²) >= 11 is 1.63. The molecule has 0 fully saturated rings. The van der Waals surface area contributed by atoms with Crippen LogP contribution in [0.25, 0.3) is 4.96 Å². The number of methoxy groups -OCH3 is 2. The van der Waals surface area contributed by atoms with E-state index in [0.29, 0.717) is 6.54 Å². The molecule has 0 aliphatic heterocycles. The Hall–Kier alpha value is -2.01. The summed E-state index contributed by atoms with van der Waals surface area (Å²) < 4.78 is 12.7. The molecule has 0 saturated heterocycles. The van der Waals surface area contributed by atoms with Crippen LogP contribution in [0.2, 0.25) is 0 Å². The van der Waals surface area contributed by atoms with Crippen molar-refractivity contribution in [2.24, 2.45) is 4.99 Å². The number of benzene rings is 1. The first-order valence-electron chi connectivity index (χ1n) is 9.26. The number of nitrogens with one attached hydrogen (secondary N) is 1. The normalized spacial score (nSPS) is 11.2. The van der Waals surface area contributed by atoms with E-state index in [1.807, 2.05) is 41.4 Å². The van der Waals surface area contributed by atoms with Gasteiger partial charge < -0.3 is 19.7 Å². The van der Waals surface area contributed by atoms with E-state index in [1.54, 1.807) is 25.6 Å². The Kier molecular flexibility index (Phi) is 9.02. The Morgan fingerprint density at radius 1 is 1.28 bits per heavy atom. The van der Waals surface area contributed by atoms with Crippen LogP contribution in [0.5, 0.6) is 11.5 Å². The second kappa shape index (κ2) is 11.2. The van der Waals surface area contributed by atoms with Gasteiger partial charge in [-0.05, 0) is 31.0 Å². The predicted molar refractivity (Wildman–Crippen MR) is 129 cm³/mol. The van der Waals surface area contributed by atoms with Gasteiger partial charge >= 0.3 is 0 Å². The number of ether oxygens (including phenoxy) is 2. The lowest BCUT2D eigenvalue weighted by molar-refractivity contribution is 0.354. The van der Waals surface area contributed by atoms with Gasteiger partial charge in [0.15, 0.2) is 22.4 Å². The Bertz CT molecular complexity index is 911. The van der Waals surface area contributed by atoms with Gasteiger partial charge in [0.05, 0.1) is 26.5 Å². The third kappa shape index (κ3) is 5.99. The maximum absolute atomic E-state index is 5.39. The number of aromatic nitrogens is 2. The highest BCUT2D eigenvalue weighted by Gasteiger charge is 2.09. The molecule has 158 valence electrons. The fourth-order valence-electron chi connectivity index (χ4n) is 2.92. The largest absolute Gasteiger partial charge is 0.493 e. The zero-order chi connectivity index (χ0) is 19.9. The van der Waals surface area contributed by atoms with Gasteiger partial charge in [0.1, 0.15) is 0 Å². The molecule has 3 aromatic rings. The Balaban J connectivity index is 0.00000300. The van der Waals surface area contributed by atoms with Crippen LogP contribution in [0.1, 0.15) is 18.2 Å². The van der Waals surface area contributed by atoms with Crippen molar-refractivity contribution >= 4 is 46.2 Å². The molecular formula is C20H28IN5O2S. The topological polar surface area (TPSA) is 63.4 Å². The first-order valence-corrected chi connectivity index (χ1v) is 10.1. The highest BCUT2D eigenvalue weighted by Crippen LogP contribution is 2.27. The monoisotopic (exact) mass is 529 g/mol. The van der Waals surface area contributed by atoms with E-state index in [0.717, 1.165) is 47.6 Å². The summed E-state index contributed by atoms with van der Waals surface area (Å²) in [5.74, 6) is 2.37. The molecular weight excluding hydrogens is 501 g/mol. The standard InChI is InChI=1S/C20H27N5O2S.HI/c1-5-21-19(22-13-16-14-25-10-11-28-20(25)23-16)24(2)9-8-15-6-7-17(26-3)18(12-15)27-4;/h6-7,10-12,14H,5,8-9,13H2,1-4H3,(H,21,22);1H. The zero-order valence-electron chi connectivity index (χ0n) is 17.2. The van der Waals surface area contributed by atoms with Crippen molar-refractivity contribution in [2.75, 3.05) is 34.4 Å². The van der Waals surface area contributed by atoms with Gasteiger partial charge in [-0.15, -0.1) is 35.3 Å². The number of aliphatic imine (C=N–C) groups is 1. The minimum Gasteiger partial charge on any atom is -0.493 e. The fourth-order valence-corrected chi connectivity index (χ4v) is 3.64. The van der Waals surface area contributed by atoms with E-state index in [9.17, 15) is 0 Å². The molecule has 9 heteroatoms. The second-order valence-corrected chi connectivity index (χ2v) is 7.23. The van der Waals surface area contributed by atoms with Crippen LogP contribution in [0.3, 0.4) is 0 Å². The van der Waals surface area contributed by atoms with Gasteiger partial charge in [0.2, 0.25) is 0 Å². The summed E-state index contributed by atoms with van der Waals surface area (Å²) in [5.41, 5.74) is 2.16. The van der Waals surface area contributed by atoms with Crippen LogP contribution in [-0.2, 0) is 13.0 Å². The number of imidazole rings is 1. The molecule has 0 atom stereocenters. The van der Waals surface area contributed by atoms with E-state index >= 15 is 0 Å². The lowest BCUT2D eigenvalue weighted by atomic mass is 10.1. The molecule has 0 unspecified atom stereocenters. The number of rotatable bonds is 8. The molecule has 2 heterocycles. The summed E-state index contributed by atoms with van der Waals surface area (Å²) in [6.07, 6.45) is 4.92. The second-order valence-electron chi connectivity index (χ2n) is 6.36. The quantitative estimate of drug-likeness (QED) is 0.274. The van der Waals surface area contributed by atoms with Gasteiger partial charge in [-0.2, -0.15) is 0 Å². The molecule has 0 spiro atoms. The smallest absolute Gasteiger partial charge is 0.194 e. The average Bonchev–Trinajstić information content (AvgIpc) is 3.30. The minimum absolute atomic E-state index is 0. The highest BCUT2D eigenvalue weighted by atomic mass is 127. The number of guanidine groups is 1. The molecule has 29 heavy (non-hydrogen) atoms. The summed E-state index contributed by atoms with van der Waals surface area (Å²) in [6, 6.07) is 6.03. The molecule has 7 nitrogen and oxygen atoms in total. The van der Waals surface area contributed by atoms with Crippen LogP contribution in [0.15, 0.2) is 41.0 Å². The molecule has 0 bridgehead atoms. The van der Waals surface area contributed by atoms with Crippen molar-refractivity contribution in [3.05, 3.63) is 47.2 Å². The molecule has 0 saturated carbocycles. The molecule has 2 aromatic heterocycles. The number of thiazole rings is 1. The van der Waals surface area contributed by atoms with Crippen molar-refractivity contribution in [3.8, 4) is 11.5 Å². The van der Waals surface area contributed by atoms with E-state index in [4.69, 9.17) is 14.5 Å². The molecule has 0 amide bonds. The Morgan fingerprint density at radius 3 is 2.76 bits per heavy atom. The van der Waals surface area contributed by atoms with Crippen molar-refractivity contribution in [1.82, 2.24) is 19.6 Å². The maximum atomic E-state index is 5.39. The average molecular weight is 529 g/mol. The third-order valence-corrected chi connectivity index (χ3v) is 5.18. The lowest BCUT2D eigenvalue weighted by Gasteiger charge is -2.22. The van der Waals surface area contributed by atoms with E-state index < -0.39 is 0 Å². The summed E-state index contributed by atoms with van der Waals surface area (Å²) in [7, 11) is 5.35. The summed E-state index contributed by atoms with van der Waals surface area (Å²) in [5, 5.41) is 5.39. The molecule has 0 aliphatic carbocycles. The van der Waals surface area contributed by atoms with Crippen LogP contribution in [-0.4, -0.2) is 54.6 Å². The molecule has 0 radical (unpaired) electrons. The SMILES string of the molecule is CCNC(=NCc1cn2ccsc2n1)N(C)CCc1ccc(OC)c(OC)c1.I. The number of halogens is 1. The van der Waals surface area contributed by atoms with Crippen molar-refractivity contribution < 1.29 is 9.47 Å². The van der Waals surface area contributed by atoms with Crippen LogP contribution in [0, 0.1) is 0 Å². The summed E-state index contributed by atoms with van der Waals surface area (Å²) in [4.78, 5) is 12.5. The molecule has 1 aromatic carbocycles. The van der Waals surface area contributed by atoms with Gasteiger partial charge in [0, 0.05) is 37.9 Å². The Labute approximate surface area is 192 Å². The van der Waals surface area contributed by atoms with Crippen LogP contribution in [0.4, 0.5) is 0 Å². The number of hydrogen-bond acceptors (Lipinski definition) is 5. The van der Waals surface area contributed by atoms with Crippen LogP contribution >= 0.6 is 35.3 Å². The highest BCUT2D eigenvalue weighted by molar-refractivity contribution is 14.0. The maximum Gasteiger partial charge on any atom is 0.194 e.